The van der Waals surface area contributed by atoms with Gasteiger partial charge < -0.3 is 14.9 Å². The Bertz CT molecular complexity index is 820. The van der Waals surface area contributed by atoms with E-state index in [0.29, 0.717) is 0 Å². The Balaban J connectivity index is 1.98. The average molecular weight is 265 g/mol. The van der Waals surface area contributed by atoms with Crippen LogP contribution in [0.3, 0.4) is 0 Å². The molecule has 1 aliphatic rings. The first kappa shape index (κ1) is 11.3. The molecule has 100 valence electrons. The smallest absolute Gasteiger partial charge is 0.137 e. The summed E-state index contributed by atoms with van der Waals surface area (Å²) < 4.78 is 7.41. The second kappa shape index (κ2) is 4.00. The van der Waals surface area contributed by atoms with Gasteiger partial charge in [-0.15, -0.1) is 0 Å². The number of aromatic nitrogens is 2. The molecule has 0 aliphatic heterocycles. The minimum atomic E-state index is 0.762. The van der Waals surface area contributed by atoms with Gasteiger partial charge in [0.1, 0.15) is 11.4 Å². The van der Waals surface area contributed by atoms with Crippen molar-refractivity contribution in [1.82, 2.24) is 9.38 Å². The number of nitrogens with two attached hydrogens (primary N) is 1. The second-order valence-electron chi connectivity index (χ2n) is 5.12. The van der Waals surface area contributed by atoms with Gasteiger partial charge in [0.2, 0.25) is 0 Å². The topological polar surface area (TPSA) is 52.5 Å². The number of rotatable bonds is 1. The maximum absolute atomic E-state index is 5.88. The number of nitrogens with zero attached hydrogens (tertiary/aromatic N) is 2. The number of nitrogen functional groups attached to an aromatic ring is 1. The maximum atomic E-state index is 5.88. The molecule has 0 unspecified atom stereocenters. The second-order valence-corrected chi connectivity index (χ2v) is 5.12. The largest absolute Gasteiger partial charge is 0.497 e. The molecule has 2 N–H and O–H groups in total. The van der Waals surface area contributed by atoms with E-state index < -0.39 is 0 Å². The minimum Gasteiger partial charge on any atom is -0.497 e. The van der Waals surface area contributed by atoms with Gasteiger partial charge in [-0.25, -0.2) is 4.98 Å². The SMILES string of the molecule is COc1ccc2c(c1)CCc1c-2nc2ccc(N)cn12. The monoisotopic (exact) mass is 265 g/mol. The van der Waals surface area contributed by atoms with Crippen molar-refractivity contribution < 1.29 is 4.74 Å². The van der Waals surface area contributed by atoms with Gasteiger partial charge in [0.05, 0.1) is 18.5 Å². The molecule has 4 rings (SSSR count). The molecule has 0 amide bonds. The van der Waals surface area contributed by atoms with Crippen molar-refractivity contribution in [3.63, 3.8) is 0 Å². The Morgan fingerprint density at radius 3 is 2.95 bits per heavy atom. The van der Waals surface area contributed by atoms with Crippen molar-refractivity contribution in [2.24, 2.45) is 0 Å². The summed E-state index contributed by atoms with van der Waals surface area (Å²) in [6.45, 7) is 0. The molecule has 0 fully saturated rings. The van der Waals surface area contributed by atoms with Gasteiger partial charge in [0.25, 0.3) is 0 Å². The van der Waals surface area contributed by atoms with E-state index in [1.54, 1.807) is 7.11 Å². The van der Waals surface area contributed by atoms with Crippen LogP contribution in [-0.4, -0.2) is 16.5 Å². The number of hydrogen-bond donors (Lipinski definition) is 1. The quantitative estimate of drug-likeness (QED) is 0.736. The van der Waals surface area contributed by atoms with Crippen LogP contribution in [0, 0.1) is 0 Å². The van der Waals surface area contributed by atoms with Crippen LogP contribution in [0.25, 0.3) is 16.9 Å². The summed E-state index contributed by atoms with van der Waals surface area (Å²) in [6.07, 6.45) is 3.93. The highest BCUT2D eigenvalue weighted by Crippen LogP contribution is 2.35. The molecule has 1 aromatic carbocycles. The predicted octanol–water partition coefficient (Wildman–Crippen LogP) is 2.69. The Hall–Kier alpha value is -2.49. The van der Waals surface area contributed by atoms with Gasteiger partial charge in [-0.2, -0.15) is 0 Å². The predicted molar refractivity (Wildman–Crippen MR) is 79.0 cm³/mol. The third-order valence-corrected chi connectivity index (χ3v) is 3.94. The molecule has 3 aromatic rings. The number of anilines is 1. The normalized spacial score (nSPS) is 13.1. The lowest BCUT2D eigenvalue weighted by Gasteiger charge is -2.16. The lowest BCUT2D eigenvalue weighted by atomic mass is 9.92. The van der Waals surface area contributed by atoms with E-state index in [1.807, 2.05) is 24.4 Å². The number of hydrogen-bond acceptors (Lipinski definition) is 3. The fraction of sp³-hybridized carbons (Fsp3) is 0.188. The summed E-state index contributed by atoms with van der Waals surface area (Å²) in [4.78, 5) is 4.76. The third-order valence-electron chi connectivity index (χ3n) is 3.94. The molecule has 2 aromatic heterocycles. The van der Waals surface area contributed by atoms with Crippen molar-refractivity contribution in [3.8, 4) is 17.0 Å². The van der Waals surface area contributed by atoms with E-state index >= 15 is 0 Å². The molecule has 4 heteroatoms. The zero-order valence-electron chi connectivity index (χ0n) is 11.3. The van der Waals surface area contributed by atoms with Crippen molar-refractivity contribution in [1.29, 1.82) is 0 Å². The summed E-state index contributed by atoms with van der Waals surface area (Å²) in [5.41, 5.74) is 12.4. The number of pyridine rings is 1. The highest BCUT2D eigenvalue weighted by Gasteiger charge is 2.21. The van der Waals surface area contributed by atoms with Gasteiger partial charge in [-0.3, -0.25) is 0 Å². The number of benzene rings is 1. The van der Waals surface area contributed by atoms with Crippen molar-refractivity contribution >= 4 is 11.3 Å². The summed E-state index contributed by atoms with van der Waals surface area (Å²) in [5.74, 6) is 0.903. The molecule has 1 aliphatic carbocycles. The van der Waals surface area contributed by atoms with Crippen LogP contribution < -0.4 is 10.5 Å². The summed E-state index contributed by atoms with van der Waals surface area (Å²) in [5, 5.41) is 0. The molecule has 4 nitrogen and oxygen atoms in total. The number of methoxy groups -OCH3 is 1. The zero-order valence-corrected chi connectivity index (χ0v) is 11.3. The minimum absolute atomic E-state index is 0.762. The van der Waals surface area contributed by atoms with Crippen LogP contribution in [0.4, 0.5) is 5.69 Å². The van der Waals surface area contributed by atoms with E-state index in [4.69, 9.17) is 15.5 Å². The van der Waals surface area contributed by atoms with Crippen molar-refractivity contribution in [3.05, 3.63) is 47.8 Å². The van der Waals surface area contributed by atoms with Gasteiger partial charge in [-0.05, 0) is 48.7 Å². The van der Waals surface area contributed by atoms with Crippen LogP contribution in [0.1, 0.15) is 11.3 Å². The van der Waals surface area contributed by atoms with Gasteiger partial charge >= 0.3 is 0 Å². The third kappa shape index (κ3) is 1.51. The first-order valence-electron chi connectivity index (χ1n) is 6.70. The maximum Gasteiger partial charge on any atom is 0.137 e. The van der Waals surface area contributed by atoms with Crippen LogP contribution in [0.15, 0.2) is 36.5 Å². The molecule has 2 heterocycles. The fourth-order valence-electron chi connectivity index (χ4n) is 2.95. The number of ether oxygens (including phenoxy) is 1. The molecular weight excluding hydrogens is 250 g/mol. The molecule has 0 spiro atoms. The fourth-order valence-corrected chi connectivity index (χ4v) is 2.95. The molecular formula is C16H15N3O. The molecule has 20 heavy (non-hydrogen) atoms. The van der Waals surface area contributed by atoms with Crippen LogP contribution in [-0.2, 0) is 12.8 Å². The van der Waals surface area contributed by atoms with Gasteiger partial charge in [0.15, 0.2) is 0 Å². The Kier molecular flexibility index (Phi) is 2.27. The van der Waals surface area contributed by atoms with Gasteiger partial charge in [-0.1, -0.05) is 0 Å². The molecule has 0 atom stereocenters. The lowest BCUT2D eigenvalue weighted by Crippen LogP contribution is -2.06. The van der Waals surface area contributed by atoms with Crippen LogP contribution in [0.5, 0.6) is 5.75 Å². The molecule has 0 bridgehead atoms. The van der Waals surface area contributed by atoms with E-state index in [9.17, 15) is 0 Å². The Morgan fingerprint density at radius 1 is 1.20 bits per heavy atom. The summed E-state index contributed by atoms with van der Waals surface area (Å²) in [6, 6.07) is 10.1. The average Bonchev–Trinajstić information content (AvgIpc) is 2.84. The van der Waals surface area contributed by atoms with E-state index in [0.717, 1.165) is 35.6 Å². The van der Waals surface area contributed by atoms with E-state index in [-0.39, 0.29) is 0 Å². The van der Waals surface area contributed by atoms with Gasteiger partial charge in [0, 0.05) is 17.4 Å². The zero-order chi connectivity index (χ0) is 13.7. The van der Waals surface area contributed by atoms with Crippen LogP contribution in [0.2, 0.25) is 0 Å². The van der Waals surface area contributed by atoms with Crippen LogP contribution >= 0.6 is 0 Å². The number of imidazole rings is 1. The van der Waals surface area contributed by atoms with E-state index in [2.05, 4.69) is 16.5 Å². The van der Waals surface area contributed by atoms with E-state index in [1.165, 1.54) is 16.8 Å². The summed E-state index contributed by atoms with van der Waals surface area (Å²) >= 11 is 0. The van der Waals surface area contributed by atoms with Crippen molar-refractivity contribution in [2.75, 3.05) is 12.8 Å². The Labute approximate surface area is 116 Å². The summed E-state index contributed by atoms with van der Waals surface area (Å²) in [7, 11) is 1.70. The standard InChI is InChI=1S/C16H15N3O/c1-20-12-4-5-13-10(8-12)2-6-14-16(13)18-15-7-3-11(17)9-19(14)15/h3-5,7-9H,2,6,17H2,1H3. The molecule has 0 saturated heterocycles. The lowest BCUT2D eigenvalue weighted by molar-refractivity contribution is 0.414. The number of aryl methyl sites for hydroxylation is 2. The Morgan fingerprint density at radius 2 is 2.10 bits per heavy atom. The first-order chi connectivity index (χ1) is 9.76. The highest BCUT2D eigenvalue weighted by atomic mass is 16.5. The number of fused-ring (bicyclic) bond motifs is 5. The highest BCUT2D eigenvalue weighted by molar-refractivity contribution is 5.73. The van der Waals surface area contributed by atoms with Crippen molar-refractivity contribution in [2.45, 2.75) is 12.8 Å². The molecule has 0 radical (unpaired) electrons. The molecule has 0 saturated carbocycles. The first-order valence-corrected chi connectivity index (χ1v) is 6.70.